The molecule has 1 saturated heterocycles. The Labute approximate surface area is 191 Å². The van der Waals surface area contributed by atoms with Crippen molar-refractivity contribution in [3.63, 3.8) is 0 Å². The van der Waals surface area contributed by atoms with Gasteiger partial charge in [0.1, 0.15) is 11.5 Å². The molecule has 5 rings (SSSR count). The molecule has 3 amide bonds. The van der Waals surface area contributed by atoms with Crippen LogP contribution in [-0.4, -0.2) is 47.2 Å². The number of benzene rings is 1. The average molecular weight is 447 g/mol. The topological polar surface area (TPSA) is 96.0 Å². The van der Waals surface area contributed by atoms with Crippen molar-refractivity contribution in [1.29, 1.82) is 0 Å². The first-order valence-corrected chi connectivity index (χ1v) is 11.2. The highest BCUT2D eigenvalue weighted by atomic mass is 16.3. The van der Waals surface area contributed by atoms with E-state index in [0.29, 0.717) is 23.4 Å². The highest BCUT2D eigenvalue weighted by molar-refractivity contribution is 6.22. The Bertz CT molecular complexity index is 1150. The van der Waals surface area contributed by atoms with E-state index in [1.54, 1.807) is 30.5 Å². The summed E-state index contributed by atoms with van der Waals surface area (Å²) in [4.78, 5) is 41.9. The van der Waals surface area contributed by atoms with Gasteiger partial charge in [0.05, 0.1) is 36.2 Å². The summed E-state index contributed by atoms with van der Waals surface area (Å²) in [5.41, 5.74) is 0.870. The lowest BCUT2D eigenvalue weighted by atomic mass is 10.0. The van der Waals surface area contributed by atoms with Crippen molar-refractivity contribution in [3.8, 4) is 0 Å². The summed E-state index contributed by atoms with van der Waals surface area (Å²) in [6.07, 6.45) is 6.61. The van der Waals surface area contributed by atoms with E-state index in [0.717, 1.165) is 36.6 Å². The second kappa shape index (κ2) is 9.07. The average Bonchev–Trinajstić information content (AvgIpc) is 3.60. The zero-order valence-corrected chi connectivity index (χ0v) is 18.2. The van der Waals surface area contributed by atoms with Crippen LogP contribution in [0.4, 0.5) is 0 Å². The molecule has 0 bridgehead atoms. The van der Waals surface area contributed by atoms with E-state index >= 15 is 0 Å². The van der Waals surface area contributed by atoms with Crippen molar-refractivity contribution in [2.75, 3.05) is 19.6 Å². The maximum Gasteiger partial charge on any atom is 0.261 e. The number of hydrogen-bond acceptors (Lipinski definition) is 6. The first-order chi connectivity index (χ1) is 16.1. The van der Waals surface area contributed by atoms with Crippen molar-refractivity contribution < 1.29 is 23.2 Å². The van der Waals surface area contributed by atoms with E-state index < -0.39 is 5.91 Å². The zero-order chi connectivity index (χ0) is 22.8. The number of rotatable bonds is 7. The van der Waals surface area contributed by atoms with Gasteiger partial charge in [0.2, 0.25) is 0 Å². The molecule has 0 saturated carbocycles. The fourth-order valence-corrected chi connectivity index (χ4v) is 4.55. The Morgan fingerprint density at radius 3 is 2.42 bits per heavy atom. The predicted molar refractivity (Wildman–Crippen MR) is 119 cm³/mol. The minimum Gasteiger partial charge on any atom is -0.468 e. The van der Waals surface area contributed by atoms with Crippen LogP contribution in [-0.2, 0) is 6.54 Å². The monoisotopic (exact) mass is 447 g/mol. The molecule has 0 radical (unpaired) electrons. The molecule has 8 heteroatoms. The van der Waals surface area contributed by atoms with Crippen LogP contribution in [0.3, 0.4) is 0 Å². The zero-order valence-electron chi connectivity index (χ0n) is 18.2. The number of hydrogen-bond donors (Lipinski definition) is 1. The number of nitrogens with zero attached hydrogens (tertiary/aromatic N) is 2. The molecule has 2 aliphatic rings. The summed E-state index contributed by atoms with van der Waals surface area (Å²) in [6.45, 7) is 2.37. The molecule has 33 heavy (non-hydrogen) atoms. The summed E-state index contributed by atoms with van der Waals surface area (Å²) in [6, 6.07) is 11.8. The summed E-state index contributed by atoms with van der Waals surface area (Å²) in [7, 11) is 0. The van der Waals surface area contributed by atoms with Gasteiger partial charge in [-0.1, -0.05) is 6.42 Å². The third-order valence-electron chi connectivity index (χ3n) is 6.29. The van der Waals surface area contributed by atoms with Crippen molar-refractivity contribution in [1.82, 2.24) is 15.1 Å². The second-order valence-corrected chi connectivity index (χ2v) is 8.37. The quantitative estimate of drug-likeness (QED) is 0.556. The van der Waals surface area contributed by atoms with E-state index in [1.807, 2.05) is 12.1 Å². The standard InChI is InChI=1S/C25H25N3O5/c29-23(26-15-21(22-7-5-13-33-22)27-10-2-1-3-11-27)17-8-9-19-20(14-17)25(31)28(24(19)30)16-18-6-4-12-32-18/h4-9,12-14,21H,1-3,10-11,15-16H2,(H,26,29). The minimum atomic E-state index is -0.428. The van der Waals surface area contributed by atoms with Crippen LogP contribution in [0.2, 0.25) is 0 Å². The van der Waals surface area contributed by atoms with Gasteiger partial charge in [-0.15, -0.1) is 0 Å². The second-order valence-electron chi connectivity index (χ2n) is 8.37. The van der Waals surface area contributed by atoms with E-state index in [-0.39, 0.29) is 30.0 Å². The van der Waals surface area contributed by atoms with Gasteiger partial charge in [0.25, 0.3) is 17.7 Å². The van der Waals surface area contributed by atoms with Gasteiger partial charge in [-0.05, 0) is 68.4 Å². The van der Waals surface area contributed by atoms with Crippen molar-refractivity contribution in [2.45, 2.75) is 31.8 Å². The molecule has 2 aromatic heterocycles. The Hall–Kier alpha value is -3.65. The molecule has 1 fully saturated rings. The fraction of sp³-hybridized carbons (Fsp3) is 0.320. The molecule has 0 spiro atoms. The Balaban J connectivity index is 1.29. The number of carbonyl (C=O) groups is 3. The SMILES string of the molecule is O=C(NCC(c1ccco1)N1CCCCC1)c1ccc2c(c1)C(=O)N(Cc1ccco1)C2=O. The van der Waals surface area contributed by atoms with Crippen molar-refractivity contribution in [3.05, 3.63) is 83.2 Å². The molecule has 2 aliphatic heterocycles. The van der Waals surface area contributed by atoms with Gasteiger partial charge < -0.3 is 14.2 Å². The van der Waals surface area contributed by atoms with Gasteiger partial charge in [-0.25, -0.2) is 0 Å². The first-order valence-electron chi connectivity index (χ1n) is 11.2. The lowest BCUT2D eigenvalue weighted by Crippen LogP contribution is -2.40. The van der Waals surface area contributed by atoms with Crippen LogP contribution < -0.4 is 5.32 Å². The molecule has 1 atom stereocenters. The maximum absolute atomic E-state index is 12.9. The number of amides is 3. The highest BCUT2D eigenvalue weighted by Gasteiger charge is 2.36. The molecule has 1 N–H and O–H groups in total. The summed E-state index contributed by atoms with van der Waals surface area (Å²) in [5, 5.41) is 2.98. The van der Waals surface area contributed by atoms with E-state index in [9.17, 15) is 14.4 Å². The van der Waals surface area contributed by atoms with Gasteiger partial charge in [0.15, 0.2) is 0 Å². The van der Waals surface area contributed by atoms with Crippen LogP contribution >= 0.6 is 0 Å². The summed E-state index contributed by atoms with van der Waals surface area (Å²) >= 11 is 0. The number of fused-ring (bicyclic) bond motifs is 1. The number of imide groups is 1. The van der Waals surface area contributed by atoms with E-state index in [2.05, 4.69) is 10.2 Å². The van der Waals surface area contributed by atoms with Crippen molar-refractivity contribution >= 4 is 17.7 Å². The van der Waals surface area contributed by atoms with Crippen LogP contribution in [0.1, 0.15) is 67.9 Å². The normalized spacial score (nSPS) is 17.3. The maximum atomic E-state index is 12.9. The molecule has 3 aromatic rings. The molecule has 0 aliphatic carbocycles. The van der Waals surface area contributed by atoms with Crippen LogP contribution in [0.5, 0.6) is 0 Å². The van der Waals surface area contributed by atoms with Gasteiger partial charge in [0, 0.05) is 12.1 Å². The van der Waals surface area contributed by atoms with Gasteiger partial charge in [-0.2, -0.15) is 0 Å². The Kier molecular flexibility index (Phi) is 5.83. The van der Waals surface area contributed by atoms with Crippen molar-refractivity contribution in [2.24, 2.45) is 0 Å². The third kappa shape index (κ3) is 4.21. The number of nitrogens with one attached hydrogen (secondary N) is 1. The fourth-order valence-electron chi connectivity index (χ4n) is 4.55. The Morgan fingerprint density at radius 1 is 0.939 bits per heavy atom. The predicted octanol–water partition coefficient (Wildman–Crippen LogP) is 3.63. The van der Waals surface area contributed by atoms with Crippen LogP contribution in [0.25, 0.3) is 0 Å². The molecule has 8 nitrogen and oxygen atoms in total. The molecule has 170 valence electrons. The summed E-state index contributed by atoms with van der Waals surface area (Å²) in [5.74, 6) is 0.227. The largest absolute Gasteiger partial charge is 0.468 e. The number of piperidine rings is 1. The third-order valence-corrected chi connectivity index (χ3v) is 6.29. The molecular weight excluding hydrogens is 422 g/mol. The molecule has 4 heterocycles. The molecule has 1 unspecified atom stereocenters. The smallest absolute Gasteiger partial charge is 0.261 e. The van der Waals surface area contributed by atoms with Gasteiger partial charge in [-0.3, -0.25) is 24.2 Å². The molecule has 1 aromatic carbocycles. The first kappa shape index (κ1) is 21.2. The number of carbonyl (C=O) groups excluding carboxylic acids is 3. The molecular formula is C25H25N3O5. The number of likely N-dealkylation sites (tertiary alicyclic amines) is 1. The van der Waals surface area contributed by atoms with E-state index in [1.165, 1.54) is 18.8 Å². The van der Waals surface area contributed by atoms with Crippen LogP contribution in [0, 0.1) is 0 Å². The summed E-state index contributed by atoms with van der Waals surface area (Å²) < 4.78 is 10.9. The minimum absolute atomic E-state index is 0.0503. The Morgan fingerprint density at radius 2 is 1.70 bits per heavy atom. The highest BCUT2D eigenvalue weighted by Crippen LogP contribution is 2.27. The van der Waals surface area contributed by atoms with E-state index in [4.69, 9.17) is 8.83 Å². The number of furan rings is 2. The lowest BCUT2D eigenvalue weighted by Gasteiger charge is -2.33. The van der Waals surface area contributed by atoms with Crippen LogP contribution in [0.15, 0.2) is 63.8 Å². The lowest BCUT2D eigenvalue weighted by molar-refractivity contribution is 0.0631. The van der Waals surface area contributed by atoms with Gasteiger partial charge >= 0.3 is 0 Å².